The Morgan fingerprint density at radius 1 is 0.938 bits per heavy atom. The van der Waals surface area contributed by atoms with Crippen LogP contribution >= 0.6 is 0 Å². The molecule has 1 atom stereocenters. The molecule has 0 aliphatic carbocycles. The van der Waals surface area contributed by atoms with Gasteiger partial charge in [0.05, 0.1) is 20.3 Å². The van der Waals surface area contributed by atoms with Gasteiger partial charge in [-0.2, -0.15) is 0 Å². The lowest BCUT2D eigenvalue weighted by Gasteiger charge is -2.21. The topological polar surface area (TPSA) is 51.2 Å². The zero-order valence-electron chi connectivity index (χ0n) is 18.8. The lowest BCUT2D eigenvalue weighted by atomic mass is 9.99. The minimum absolute atomic E-state index is 0.497. The van der Waals surface area contributed by atoms with E-state index in [0.29, 0.717) is 13.0 Å². The molecular formula is C27H31NO4. The molecule has 5 nitrogen and oxygen atoms in total. The average Bonchev–Trinajstić information content (AvgIpc) is 3.04. The van der Waals surface area contributed by atoms with E-state index < -0.39 is 6.10 Å². The third-order valence-corrected chi connectivity index (χ3v) is 5.93. The second kappa shape index (κ2) is 10.5. The largest absolute Gasteiger partial charge is 0.493 e. The molecule has 32 heavy (non-hydrogen) atoms. The van der Waals surface area contributed by atoms with Crippen molar-refractivity contribution in [2.75, 3.05) is 27.4 Å². The number of rotatable bonds is 8. The molecule has 4 rings (SSSR count). The number of aliphatic hydroxyl groups excluding tert-OH is 1. The Hall–Kier alpha value is -3.02. The molecule has 0 amide bonds. The number of methoxy groups -OCH3 is 2. The summed E-state index contributed by atoms with van der Waals surface area (Å²) in [5.41, 5.74) is 4.45. The van der Waals surface area contributed by atoms with Crippen LogP contribution in [0.3, 0.4) is 0 Å². The third-order valence-electron chi connectivity index (χ3n) is 5.93. The molecule has 1 N–H and O–H groups in total. The van der Waals surface area contributed by atoms with Gasteiger partial charge in [0.2, 0.25) is 0 Å². The summed E-state index contributed by atoms with van der Waals surface area (Å²) in [4.78, 5) is 2.35. The Labute approximate surface area is 190 Å². The Bertz CT molecular complexity index is 1020. The van der Waals surface area contributed by atoms with Crippen LogP contribution in [-0.2, 0) is 19.5 Å². The summed E-state index contributed by atoms with van der Waals surface area (Å²) in [7, 11) is 3.30. The first-order chi connectivity index (χ1) is 15.7. The highest BCUT2D eigenvalue weighted by Crippen LogP contribution is 2.31. The van der Waals surface area contributed by atoms with Crippen LogP contribution in [0.25, 0.3) is 0 Å². The van der Waals surface area contributed by atoms with Crippen LogP contribution in [0.15, 0.2) is 66.7 Å². The number of nitrogens with zero attached hydrogens (tertiary/aromatic N) is 1. The van der Waals surface area contributed by atoms with Gasteiger partial charge in [0.25, 0.3) is 0 Å². The van der Waals surface area contributed by atoms with Crippen LogP contribution in [0.5, 0.6) is 17.2 Å². The minimum Gasteiger partial charge on any atom is -0.493 e. The Morgan fingerprint density at radius 2 is 1.75 bits per heavy atom. The van der Waals surface area contributed by atoms with Crippen molar-refractivity contribution in [2.45, 2.75) is 32.0 Å². The maximum Gasteiger partial charge on any atom is 0.161 e. The maximum absolute atomic E-state index is 10.8. The van der Waals surface area contributed by atoms with Gasteiger partial charge in [-0.15, -0.1) is 0 Å². The van der Waals surface area contributed by atoms with Gasteiger partial charge in [-0.1, -0.05) is 42.5 Å². The molecule has 0 aromatic heterocycles. The fourth-order valence-electron chi connectivity index (χ4n) is 4.16. The molecule has 0 fully saturated rings. The molecule has 0 radical (unpaired) electrons. The predicted molar refractivity (Wildman–Crippen MR) is 125 cm³/mol. The van der Waals surface area contributed by atoms with Gasteiger partial charge in [-0.05, 0) is 53.8 Å². The normalized spacial score (nSPS) is 14.7. The summed E-state index contributed by atoms with van der Waals surface area (Å²) in [6.45, 7) is 3.01. The fraction of sp³-hybridized carbons (Fsp3) is 0.333. The molecule has 3 aromatic rings. The molecule has 0 saturated heterocycles. The monoisotopic (exact) mass is 433 g/mol. The standard InChI is InChI=1S/C27H31NO4/c1-30-26-12-9-21(16-27(26)31-2)18-28-14-15-32-25-13-10-22(17-23(25)19-28)24(29)11-8-20-6-4-3-5-7-20/h3-7,9-10,12-13,16-17,24,29H,8,11,14-15,18-19H2,1-2H3. The number of aryl methyl sites for hydroxylation is 1. The smallest absolute Gasteiger partial charge is 0.161 e. The Morgan fingerprint density at radius 3 is 2.53 bits per heavy atom. The van der Waals surface area contributed by atoms with E-state index in [9.17, 15) is 5.11 Å². The van der Waals surface area contributed by atoms with Gasteiger partial charge < -0.3 is 19.3 Å². The molecule has 1 aliphatic rings. The van der Waals surface area contributed by atoms with Gasteiger partial charge in [0, 0.05) is 25.2 Å². The number of hydrogen-bond acceptors (Lipinski definition) is 5. The quantitative estimate of drug-likeness (QED) is 0.555. The Balaban J connectivity index is 1.44. The molecule has 3 aromatic carbocycles. The zero-order chi connectivity index (χ0) is 22.3. The number of fused-ring (bicyclic) bond motifs is 1. The SMILES string of the molecule is COc1ccc(CN2CCOc3ccc(C(O)CCc4ccccc4)cc3C2)cc1OC. The highest BCUT2D eigenvalue weighted by molar-refractivity contribution is 5.43. The van der Waals surface area contributed by atoms with Crippen LogP contribution < -0.4 is 14.2 Å². The van der Waals surface area contributed by atoms with E-state index in [1.54, 1.807) is 14.2 Å². The predicted octanol–water partition coefficient (Wildman–Crippen LogP) is 4.76. The van der Waals surface area contributed by atoms with Crippen LogP contribution in [-0.4, -0.2) is 37.4 Å². The summed E-state index contributed by atoms with van der Waals surface area (Å²) in [6.07, 6.45) is 1.04. The van der Waals surface area contributed by atoms with Crippen molar-refractivity contribution < 1.29 is 19.3 Å². The van der Waals surface area contributed by atoms with Crippen molar-refractivity contribution in [3.05, 3.63) is 89.0 Å². The van der Waals surface area contributed by atoms with Crippen molar-refractivity contribution in [1.29, 1.82) is 0 Å². The Kier molecular flexibility index (Phi) is 7.30. The van der Waals surface area contributed by atoms with E-state index in [-0.39, 0.29) is 0 Å². The van der Waals surface area contributed by atoms with Crippen molar-refractivity contribution in [2.24, 2.45) is 0 Å². The highest BCUT2D eigenvalue weighted by Gasteiger charge is 2.18. The van der Waals surface area contributed by atoms with Crippen LogP contribution in [0.4, 0.5) is 0 Å². The summed E-state index contributed by atoms with van der Waals surface area (Å²) in [5, 5.41) is 10.8. The molecule has 0 bridgehead atoms. The van der Waals surface area contributed by atoms with Crippen molar-refractivity contribution in [3.63, 3.8) is 0 Å². The zero-order valence-corrected chi connectivity index (χ0v) is 18.8. The van der Waals surface area contributed by atoms with Gasteiger partial charge in [-0.3, -0.25) is 4.90 Å². The average molecular weight is 434 g/mol. The summed E-state index contributed by atoms with van der Waals surface area (Å²) >= 11 is 0. The third kappa shape index (κ3) is 5.42. The number of hydrogen-bond donors (Lipinski definition) is 1. The number of benzene rings is 3. The highest BCUT2D eigenvalue weighted by atomic mass is 16.5. The second-order valence-electron chi connectivity index (χ2n) is 8.16. The lowest BCUT2D eigenvalue weighted by Crippen LogP contribution is -2.25. The van der Waals surface area contributed by atoms with E-state index >= 15 is 0 Å². The first-order valence-electron chi connectivity index (χ1n) is 11.1. The van der Waals surface area contributed by atoms with Crippen molar-refractivity contribution in [3.8, 4) is 17.2 Å². The van der Waals surface area contributed by atoms with Gasteiger partial charge in [0.15, 0.2) is 11.5 Å². The fourth-order valence-corrected chi connectivity index (χ4v) is 4.16. The molecule has 1 heterocycles. The van der Waals surface area contributed by atoms with E-state index in [1.165, 1.54) is 5.56 Å². The summed E-state index contributed by atoms with van der Waals surface area (Å²) in [6, 6.07) is 22.4. The van der Waals surface area contributed by atoms with Crippen molar-refractivity contribution >= 4 is 0 Å². The van der Waals surface area contributed by atoms with Crippen LogP contribution in [0.1, 0.15) is 34.8 Å². The van der Waals surface area contributed by atoms with E-state index in [1.807, 2.05) is 42.5 Å². The number of ether oxygens (including phenoxy) is 3. The maximum atomic E-state index is 10.8. The van der Waals surface area contributed by atoms with Gasteiger partial charge in [0.1, 0.15) is 12.4 Å². The molecular weight excluding hydrogens is 402 g/mol. The molecule has 168 valence electrons. The second-order valence-corrected chi connectivity index (χ2v) is 8.16. The van der Waals surface area contributed by atoms with E-state index in [4.69, 9.17) is 14.2 Å². The molecule has 1 aliphatic heterocycles. The molecule has 0 spiro atoms. The minimum atomic E-state index is -0.497. The van der Waals surface area contributed by atoms with Gasteiger partial charge in [-0.25, -0.2) is 0 Å². The number of aliphatic hydroxyl groups is 1. The molecule has 1 unspecified atom stereocenters. The molecule has 0 saturated carbocycles. The summed E-state index contributed by atoms with van der Waals surface area (Å²) < 4.78 is 16.8. The first-order valence-corrected chi connectivity index (χ1v) is 11.1. The molecule has 5 heteroatoms. The van der Waals surface area contributed by atoms with Crippen molar-refractivity contribution in [1.82, 2.24) is 4.90 Å². The lowest BCUT2D eigenvalue weighted by molar-refractivity contribution is 0.167. The first kappa shape index (κ1) is 22.2. The van der Waals surface area contributed by atoms with E-state index in [2.05, 4.69) is 29.2 Å². The summed E-state index contributed by atoms with van der Waals surface area (Å²) in [5.74, 6) is 2.37. The van der Waals surface area contributed by atoms with E-state index in [0.717, 1.165) is 60.0 Å². The van der Waals surface area contributed by atoms with Gasteiger partial charge >= 0.3 is 0 Å². The van der Waals surface area contributed by atoms with Crippen LogP contribution in [0, 0.1) is 0 Å². The van der Waals surface area contributed by atoms with Crippen LogP contribution in [0.2, 0.25) is 0 Å².